The maximum Gasteiger partial charge on any atom is 0.253 e. The molecule has 0 bridgehead atoms. The minimum absolute atomic E-state index is 0.0923. The van der Waals surface area contributed by atoms with Crippen LogP contribution in [-0.2, 0) is 6.54 Å². The van der Waals surface area contributed by atoms with E-state index in [1.165, 1.54) is 0 Å². The van der Waals surface area contributed by atoms with Crippen LogP contribution >= 0.6 is 22.6 Å². The lowest BCUT2D eigenvalue weighted by Gasteiger charge is -2.00. The second kappa shape index (κ2) is 2.62. The zero-order chi connectivity index (χ0) is 8.72. The Kier molecular flexibility index (Phi) is 1.71. The summed E-state index contributed by atoms with van der Waals surface area (Å²) in [5.74, 6) is 0.0803. The fourth-order valence-corrected chi connectivity index (χ4v) is 2.03. The third-order valence-electron chi connectivity index (χ3n) is 1.87. The zero-order valence-electron chi connectivity index (χ0n) is 6.10. The van der Waals surface area contributed by atoms with Crippen molar-refractivity contribution in [3.05, 3.63) is 26.8 Å². The van der Waals surface area contributed by atoms with Gasteiger partial charge in [-0.25, -0.2) is 0 Å². The molecule has 1 aliphatic rings. The van der Waals surface area contributed by atoms with Crippen LogP contribution in [0.4, 0.5) is 0 Å². The second-order valence-corrected chi connectivity index (χ2v) is 3.69. The highest BCUT2D eigenvalue weighted by atomic mass is 127. The van der Waals surface area contributed by atoms with Gasteiger partial charge in [0.2, 0.25) is 0 Å². The van der Waals surface area contributed by atoms with Crippen molar-refractivity contribution < 1.29 is 9.90 Å². The molecule has 0 fully saturated rings. The van der Waals surface area contributed by atoms with Gasteiger partial charge in [0, 0.05) is 6.54 Å². The maximum atomic E-state index is 11.2. The number of rotatable bonds is 0. The van der Waals surface area contributed by atoms with E-state index in [-0.39, 0.29) is 11.7 Å². The largest absolute Gasteiger partial charge is 0.507 e. The molecular weight excluding hydrogens is 269 g/mol. The molecule has 0 aromatic heterocycles. The van der Waals surface area contributed by atoms with E-state index in [0.717, 1.165) is 5.56 Å². The first kappa shape index (κ1) is 7.85. The Balaban J connectivity index is 2.71. The summed E-state index contributed by atoms with van der Waals surface area (Å²) in [6.07, 6.45) is 0. The van der Waals surface area contributed by atoms with Crippen LogP contribution in [0.15, 0.2) is 12.1 Å². The number of halogens is 1. The molecule has 1 heterocycles. The van der Waals surface area contributed by atoms with Crippen LogP contribution in [-0.4, -0.2) is 11.0 Å². The Morgan fingerprint density at radius 1 is 1.50 bits per heavy atom. The Bertz CT molecular complexity index is 362. The van der Waals surface area contributed by atoms with E-state index in [4.69, 9.17) is 0 Å². The number of phenolic OH excluding ortho intramolecular Hbond substituents is 1. The van der Waals surface area contributed by atoms with Gasteiger partial charge >= 0.3 is 0 Å². The quantitative estimate of drug-likeness (QED) is 0.700. The smallest absolute Gasteiger partial charge is 0.253 e. The molecule has 1 aromatic rings. The molecule has 62 valence electrons. The fraction of sp³-hybridized carbons (Fsp3) is 0.125. The highest BCUT2D eigenvalue weighted by molar-refractivity contribution is 14.1. The Morgan fingerprint density at radius 3 is 3.00 bits per heavy atom. The Labute approximate surface area is 82.9 Å². The number of benzene rings is 1. The number of hydrogen-bond donors (Lipinski definition) is 2. The molecule has 0 saturated heterocycles. The molecule has 0 aliphatic carbocycles. The molecule has 1 amide bonds. The summed E-state index contributed by atoms with van der Waals surface area (Å²) in [6, 6.07) is 3.38. The number of amides is 1. The van der Waals surface area contributed by atoms with Gasteiger partial charge in [0.05, 0.1) is 9.13 Å². The van der Waals surface area contributed by atoms with E-state index in [1.807, 2.05) is 22.6 Å². The molecule has 0 spiro atoms. The molecule has 1 aromatic carbocycles. The summed E-state index contributed by atoms with van der Waals surface area (Å²) < 4.78 is 0.639. The summed E-state index contributed by atoms with van der Waals surface area (Å²) in [4.78, 5) is 11.2. The normalized spacial score (nSPS) is 14.2. The van der Waals surface area contributed by atoms with Crippen LogP contribution in [0.2, 0.25) is 0 Å². The van der Waals surface area contributed by atoms with Crippen molar-refractivity contribution in [1.29, 1.82) is 0 Å². The molecule has 3 nitrogen and oxygen atoms in total. The van der Waals surface area contributed by atoms with Gasteiger partial charge in [-0.3, -0.25) is 4.79 Å². The number of hydrogen-bond acceptors (Lipinski definition) is 2. The number of nitrogens with one attached hydrogen (secondary N) is 1. The molecule has 4 heteroatoms. The van der Waals surface area contributed by atoms with E-state index in [9.17, 15) is 9.90 Å². The molecule has 12 heavy (non-hydrogen) atoms. The summed E-state index contributed by atoms with van der Waals surface area (Å²) in [5, 5.41) is 12.0. The molecule has 2 rings (SSSR count). The van der Waals surface area contributed by atoms with Crippen LogP contribution in [0.5, 0.6) is 5.75 Å². The molecule has 0 atom stereocenters. The average Bonchev–Trinajstić information content (AvgIpc) is 2.41. The minimum atomic E-state index is -0.0923. The predicted octanol–water partition coefficient (Wildman–Crippen LogP) is 1.24. The first-order chi connectivity index (χ1) is 5.70. The summed E-state index contributed by atoms with van der Waals surface area (Å²) in [7, 11) is 0. The molecule has 1 aliphatic heterocycles. The number of carbonyl (C=O) groups excluding carboxylic acids is 1. The first-order valence-electron chi connectivity index (χ1n) is 3.48. The van der Waals surface area contributed by atoms with Gasteiger partial charge in [-0.1, -0.05) is 6.07 Å². The van der Waals surface area contributed by atoms with Crippen molar-refractivity contribution in [1.82, 2.24) is 5.32 Å². The second-order valence-electron chi connectivity index (χ2n) is 2.62. The van der Waals surface area contributed by atoms with E-state index in [0.29, 0.717) is 15.7 Å². The van der Waals surface area contributed by atoms with Gasteiger partial charge in [-0.15, -0.1) is 0 Å². The highest BCUT2D eigenvalue weighted by Gasteiger charge is 2.22. The van der Waals surface area contributed by atoms with E-state index < -0.39 is 0 Å². The van der Waals surface area contributed by atoms with Crippen molar-refractivity contribution in [3.8, 4) is 5.75 Å². The predicted molar refractivity (Wildman–Crippen MR) is 52.0 cm³/mol. The summed E-state index contributed by atoms with van der Waals surface area (Å²) in [5.41, 5.74) is 1.58. The van der Waals surface area contributed by atoms with Gasteiger partial charge in [-0.2, -0.15) is 0 Å². The van der Waals surface area contributed by atoms with E-state index in [2.05, 4.69) is 5.32 Å². The Morgan fingerprint density at radius 2 is 2.25 bits per heavy atom. The SMILES string of the molecule is O=C1NCc2ccc(O)c(I)c21. The first-order valence-corrected chi connectivity index (χ1v) is 4.56. The molecule has 0 saturated carbocycles. The van der Waals surface area contributed by atoms with Gasteiger partial charge in [-0.05, 0) is 34.2 Å². The number of aromatic hydroxyl groups is 1. The summed E-state index contributed by atoms with van der Waals surface area (Å²) >= 11 is 1.97. The van der Waals surface area contributed by atoms with Crippen molar-refractivity contribution in [2.24, 2.45) is 0 Å². The lowest BCUT2D eigenvalue weighted by molar-refractivity contribution is 0.0964. The average molecular weight is 275 g/mol. The maximum absolute atomic E-state index is 11.2. The Hall–Kier alpha value is -0.780. The van der Waals surface area contributed by atoms with Crippen LogP contribution in [0.3, 0.4) is 0 Å². The van der Waals surface area contributed by atoms with Gasteiger partial charge in [0.15, 0.2) is 0 Å². The number of carbonyl (C=O) groups is 1. The lowest BCUT2D eigenvalue weighted by atomic mass is 10.1. The third kappa shape index (κ3) is 0.979. The van der Waals surface area contributed by atoms with Gasteiger partial charge < -0.3 is 10.4 Å². The van der Waals surface area contributed by atoms with Crippen LogP contribution in [0, 0.1) is 3.57 Å². The van der Waals surface area contributed by atoms with Gasteiger partial charge in [0.25, 0.3) is 5.91 Å². The monoisotopic (exact) mass is 275 g/mol. The third-order valence-corrected chi connectivity index (χ3v) is 2.97. The van der Waals surface area contributed by atoms with Crippen LogP contribution in [0.25, 0.3) is 0 Å². The molecule has 0 radical (unpaired) electrons. The minimum Gasteiger partial charge on any atom is -0.507 e. The van der Waals surface area contributed by atoms with Crippen molar-refractivity contribution in [2.75, 3.05) is 0 Å². The molecule has 2 N–H and O–H groups in total. The van der Waals surface area contributed by atoms with E-state index >= 15 is 0 Å². The molecule has 0 unspecified atom stereocenters. The van der Waals surface area contributed by atoms with Crippen molar-refractivity contribution >= 4 is 28.5 Å². The zero-order valence-corrected chi connectivity index (χ0v) is 8.25. The lowest BCUT2D eigenvalue weighted by Crippen LogP contribution is -2.13. The van der Waals surface area contributed by atoms with Crippen molar-refractivity contribution in [3.63, 3.8) is 0 Å². The number of phenols is 1. The molecular formula is C8H6INO2. The highest BCUT2D eigenvalue weighted by Crippen LogP contribution is 2.28. The van der Waals surface area contributed by atoms with E-state index in [1.54, 1.807) is 12.1 Å². The van der Waals surface area contributed by atoms with Crippen molar-refractivity contribution in [2.45, 2.75) is 6.54 Å². The standard InChI is InChI=1S/C8H6INO2/c9-7-5(11)2-1-4-3-10-8(12)6(4)7/h1-2,11H,3H2,(H,10,12). The van der Waals surface area contributed by atoms with Gasteiger partial charge in [0.1, 0.15) is 5.75 Å². The van der Waals surface area contributed by atoms with Crippen LogP contribution < -0.4 is 5.32 Å². The number of fused-ring (bicyclic) bond motifs is 1. The summed E-state index contributed by atoms with van der Waals surface area (Å²) in [6.45, 7) is 0.574. The topological polar surface area (TPSA) is 49.3 Å². The fourth-order valence-electron chi connectivity index (χ4n) is 1.26. The van der Waals surface area contributed by atoms with Crippen LogP contribution in [0.1, 0.15) is 15.9 Å².